The summed E-state index contributed by atoms with van der Waals surface area (Å²) in [6, 6.07) is 10.6. The lowest BCUT2D eigenvalue weighted by molar-refractivity contribution is 0.0752. The van der Waals surface area contributed by atoms with Gasteiger partial charge in [-0.3, -0.25) is 0 Å². The number of benzene rings is 1. The molecule has 0 amide bonds. The highest BCUT2D eigenvalue weighted by atomic mass is 32.1. The molecule has 2 saturated heterocycles. The van der Waals surface area contributed by atoms with E-state index in [4.69, 9.17) is 14.7 Å². The molecule has 1 N–H and O–H groups in total. The number of anilines is 2. The van der Waals surface area contributed by atoms with Gasteiger partial charge in [0.05, 0.1) is 11.6 Å². The van der Waals surface area contributed by atoms with Crippen LogP contribution < -0.4 is 10.2 Å². The molecule has 2 aromatic heterocycles. The van der Waals surface area contributed by atoms with Crippen molar-refractivity contribution in [1.29, 1.82) is 0 Å². The Kier molecular flexibility index (Phi) is 15.2. The molecule has 0 saturated carbocycles. The molecule has 0 bridgehead atoms. The van der Waals surface area contributed by atoms with Crippen molar-refractivity contribution in [2.24, 2.45) is 11.8 Å². The van der Waals surface area contributed by atoms with Crippen LogP contribution in [0.2, 0.25) is 0 Å². The fraction of sp³-hybridized carbons (Fsp3) is 0.676. The first-order valence-corrected chi connectivity index (χ1v) is 18.5. The predicted octanol–water partition coefficient (Wildman–Crippen LogP) is 9.51. The number of nitrogens with zero attached hydrogens (tertiary/aromatic N) is 4. The lowest BCUT2D eigenvalue weighted by atomic mass is 9.98. The highest BCUT2D eigenvalue weighted by molar-refractivity contribution is 7.23. The lowest BCUT2D eigenvalue weighted by Gasteiger charge is -2.31. The molecule has 7 heteroatoms. The topological polar surface area (TPSA) is 53.5 Å². The van der Waals surface area contributed by atoms with E-state index in [-0.39, 0.29) is 0 Å². The molecule has 5 rings (SSSR count). The van der Waals surface area contributed by atoms with Gasteiger partial charge < -0.3 is 19.9 Å². The number of hydrogen-bond acceptors (Lipinski definition) is 7. The monoisotopic (exact) mass is 621 g/mol. The lowest BCUT2D eigenvalue weighted by Crippen LogP contribution is -2.36. The van der Waals surface area contributed by atoms with Crippen molar-refractivity contribution < 1.29 is 4.74 Å². The third-order valence-corrected chi connectivity index (χ3v) is 10.0. The number of unbranched alkanes of at least 4 members (excludes halogenated alkanes) is 5. The maximum absolute atomic E-state index is 6.04. The number of aromatic nitrogens is 2. The second kappa shape index (κ2) is 19.3. The van der Waals surface area contributed by atoms with E-state index >= 15 is 0 Å². The summed E-state index contributed by atoms with van der Waals surface area (Å²) in [7, 11) is 0. The minimum absolute atomic E-state index is 0.645. The quantitative estimate of drug-likeness (QED) is 0.161. The number of fused-ring (bicyclic) bond motifs is 1. The van der Waals surface area contributed by atoms with Crippen molar-refractivity contribution in [3.8, 4) is 11.1 Å². The van der Waals surface area contributed by atoms with Crippen molar-refractivity contribution >= 4 is 32.5 Å². The number of hydrogen-bond donors (Lipinski definition) is 1. The molecule has 2 aliphatic rings. The van der Waals surface area contributed by atoms with E-state index in [0.717, 1.165) is 74.8 Å². The first-order chi connectivity index (χ1) is 21.6. The van der Waals surface area contributed by atoms with Gasteiger partial charge in [0.15, 0.2) is 0 Å². The van der Waals surface area contributed by atoms with Crippen LogP contribution in [0.25, 0.3) is 21.3 Å². The third-order valence-electron chi connectivity index (χ3n) is 8.96. The molecule has 3 aromatic rings. The zero-order valence-electron chi connectivity index (χ0n) is 28.2. The summed E-state index contributed by atoms with van der Waals surface area (Å²) in [6.07, 6.45) is 16.7. The molecule has 6 nitrogen and oxygen atoms in total. The predicted molar refractivity (Wildman–Crippen MR) is 191 cm³/mol. The molecule has 0 unspecified atom stereocenters. The van der Waals surface area contributed by atoms with E-state index in [0.29, 0.717) is 11.8 Å². The Labute approximate surface area is 272 Å². The van der Waals surface area contributed by atoms with Gasteiger partial charge in [0.1, 0.15) is 4.83 Å². The fourth-order valence-electron chi connectivity index (χ4n) is 6.12. The summed E-state index contributed by atoms with van der Waals surface area (Å²) in [6.45, 7) is 17.4. The standard InChI is InChI=1S/C29H41N5OS.C8H18/c1-22(2)10-13-30-28-26(24-8-4-3-5-9-24)25-20-31-29(32-27(25)36-28)34-16-11-23(12-17-34)21-35-19-18-33-14-6-7-15-33;1-3-5-7-8-6-4-2/h3-5,8-9,20,22-23,30H,6-7,10-19,21H2,1-2H3;3-8H2,1-2H3. The van der Waals surface area contributed by atoms with E-state index in [9.17, 15) is 0 Å². The first-order valence-electron chi connectivity index (χ1n) is 17.7. The summed E-state index contributed by atoms with van der Waals surface area (Å²) < 4.78 is 6.04. The van der Waals surface area contributed by atoms with E-state index in [1.54, 1.807) is 11.3 Å². The van der Waals surface area contributed by atoms with E-state index in [1.165, 1.54) is 80.6 Å². The van der Waals surface area contributed by atoms with E-state index < -0.39 is 0 Å². The van der Waals surface area contributed by atoms with Crippen LogP contribution in [0.5, 0.6) is 0 Å². The Balaban J connectivity index is 0.000000488. The second-order valence-electron chi connectivity index (χ2n) is 13.1. The van der Waals surface area contributed by atoms with E-state index in [1.807, 2.05) is 6.20 Å². The van der Waals surface area contributed by atoms with Crippen LogP contribution in [-0.2, 0) is 4.74 Å². The normalized spacial score (nSPS) is 16.1. The van der Waals surface area contributed by atoms with Gasteiger partial charge >= 0.3 is 0 Å². The smallest absolute Gasteiger partial charge is 0.226 e. The number of ether oxygens (including phenoxy) is 1. The molecule has 44 heavy (non-hydrogen) atoms. The Morgan fingerprint density at radius 1 is 0.955 bits per heavy atom. The van der Waals surface area contributed by atoms with Gasteiger partial charge in [0.2, 0.25) is 5.95 Å². The molecular weight excluding hydrogens is 563 g/mol. The van der Waals surface area contributed by atoms with Crippen LogP contribution in [0.1, 0.15) is 98.3 Å². The minimum atomic E-state index is 0.645. The van der Waals surface area contributed by atoms with E-state index in [2.05, 4.69) is 73.1 Å². The summed E-state index contributed by atoms with van der Waals surface area (Å²) in [5, 5.41) is 6.04. The average molecular weight is 622 g/mol. The van der Waals surface area contributed by atoms with Crippen molar-refractivity contribution in [1.82, 2.24) is 14.9 Å². The Morgan fingerprint density at radius 2 is 1.66 bits per heavy atom. The zero-order valence-corrected chi connectivity index (χ0v) is 29.0. The van der Waals surface area contributed by atoms with Gasteiger partial charge in [-0.1, -0.05) is 108 Å². The molecule has 0 atom stereocenters. The van der Waals surface area contributed by atoms with Gasteiger partial charge in [-0.25, -0.2) is 9.97 Å². The molecule has 2 aliphatic heterocycles. The van der Waals surface area contributed by atoms with Crippen molar-refractivity contribution in [3.05, 3.63) is 36.5 Å². The largest absolute Gasteiger partial charge is 0.380 e. The number of nitrogens with one attached hydrogen (secondary N) is 1. The van der Waals surface area contributed by atoms with Gasteiger partial charge in [-0.2, -0.15) is 0 Å². The maximum atomic E-state index is 6.04. The number of thiophene rings is 1. The molecule has 244 valence electrons. The Hall–Kier alpha value is -2.22. The molecule has 0 spiro atoms. The molecule has 4 heterocycles. The second-order valence-corrected chi connectivity index (χ2v) is 14.1. The summed E-state index contributed by atoms with van der Waals surface area (Å²) >= 11 is 1.76. The van der Waals surface area contributed by atoms with Crippen LogP contribution in [0.3, 0.4) is 0 Å². The van der Waals surface area contributed by atoms with Crippen LogP contribution in [-0.4, -0.2) is 67.4 Å². The first kappa shape index (κ1) is 34.6. The molecule has 1 aromatic carbocycles. The maximum Gasteiger partial charge on any atom is 0.226 e. The molecule has 0 aliphatic carbocycles. The third kappa shape index (κ3) is 11.0. The summed E-state index contributed by atoms with van der Waals surface area (Å²) in [5.74, 6) is 2.19. The zero-order chi connectivity index (χ0) is 31.0. The van der Waals surface area contributed by atoms with Crippen molar-refractivity contribution in [3.63, 3.8) is 0 Å². The summed E-state index contributed by atoms with van der Waals surface area (Å²) in [5.41, 5.74) is 2.45. The van der Waals surface area contributed by atoms with Crippen LogP contribution in [0.15, 0.2) is 36.5 Å². The molecule has 0 radical (unpaired) electrons. The Morgan fingerprint density at radius 3 is 2.32 bits per heavy atom. The van der Waals surface area contributed by atoms with Gasteiger partial charge in [0.25, 0.3) is 0 Å². The van der Waals surface area contributed by atoms with Gasteiger partial charge in [-0.15, -0.1) is 0 Å². The molecule has 2 fully saturated rings. The van der Waals surface area contributed by atoms with Gasteiger partial charge in [-0.05, 0) is 62.6 Å². The highest BCUT2D eigenvalue weighted by Gasteiger charge is 2.23. The van der Waals surface area contributed by atoms with Gasteiger partial charge in [0, 0.05) is 49.9 Å². The number of likely N-dealkylation sites (tertiary alicyclic amines) is 1. The Bertz CT molecular complexity index is 1180. The van der Waals surface area contributed by atoms with Crippen LogP contribution in [0, 0.1) is 11.8 Å². The fourth-order valence-corrected chi connectivity index (χ4v) is 7.21. The number of piperidine rings is 1. The SMILES string of the molecule is CC(C)CCNc1sc2nc(N3CCC(COCCN4CCCC4)CC3)ncc2c1-c1ccccc1.CCCCCCCC. The summed E-state index contributed by atoms with van der Waals surface area (Å²) in [4.78, 5) is 15.8. The minimum Gasteiger partial charge on any atom is -0.380 e. The highest BCUT2D eigenvalue weighted by Crippen LogP contribution is 2.42. The van der Waals surface area contributed by atoms with Crippen molar-refractivity contribution in [2.75, 3.05) is 62.7 Å². The molecular formula is C37H59N5OS. The number of rotatable bonds is 16. The van der Waals surface area contributed by atoms with Crippen molar-refractivity contribution in [2.45, 2.75) is 98.3 Å². The average Bonchev–Trinajstić information content (AvgIpc) is 3.70. The van der Waals surface area contributed by atoms with Crippen LogP contribution >= 0.6 is 11.3 Å². The van der Waals surface area contributed by atoms with Crippen LogP contribution in [0.4, 0.5) is 10.9 Å².